The van der Waals surface area contributed by atoms with E-state index in [1.165, 1.54) is 0 Å². The zero-order valence-electron chi connectivity index (χ0n) is 17.1. The fourth-order valence-corrected chi connectivity index (χ4v) is 3.58. The van der Waals surface area contributed by atoms with Crippen molar-refractivity contribution >= 4 is 23.4 Å². The first-order valence-electron chi connectivity index (χ1n) is 9.91. The third-order valence-electron chi connectivity index (χ3n) is 5.17. The second kappa shape index (κ2) is 8.94. The molecule has 1 fully saturated rings. The molecule has 0 aliphatic carbocycles. The molecular formula is C22H27N3O4. The summed E-state index contributed by atoms with van der Waals surface area (Å²) in [4.78, 5) is 38.8. The van der Waals surface area contributed by atoms with Gasteiger partial charge < -0.3 is 20.0 Å². The molecule has 154 valence electrons. The molecule has 7 heteroatoms. The van der Waals surface area contributed by atoms with E-state index in [2.05, 4.69) is 17.6 Å². The van der Waals surface area contributed by atoms with Crippen molar-refractivity contribution in [2.75, 3.05) is 18.4 Å². The summed E-state index contributed by atoms with van der Waals surface area (Å²) in [5.41, 5.74) is 1.60. The number of hydrogen-bond donors (Lipinski definition) is 2. The molecule has 2 aromatic rings. The van der Waals surface area contributed by atoms with Gasteiger partial charge in [0.15, 0.2) is 0 Å². The maximum Gasteiger partial charge on any atom is 0.255 e. The van der Waals surface area contributed by atoms with Crippen molar-refractivity contribution in [3.8, 4) is 0 Å². The topological polar surface area (TPSA) is 91.7 Å². The number of piperidine rings is 1. The first kappa shape index (κ1) is 20.6. The van der Waals surface area contributed by atoms with Crippen LogP contribution in [-0.4, -0.2) is 41.8 Å². The van der Waals surface area contributed by atoms with Gasteiger partial charge in [0.1, 0.15) is 11.5 Å². The van der Waals surface area contributed by atoms with Gasteiger partial charge in [-0.2, -0.15) is 0 Å². The molecule has 0 bridgehead atoms. The number of likely N-dealkylation sites (tertiary alicyclic amines) is 1. The summed E-state index contributed by atoms with van der Waals surface area (Å²) in [7, 11) is 0. The predicted molar refractivity (Wildman–Crippen MR) is 110 cm³/mol. The molecule has 1 aliphatic rings. The highest BCUT2D eigenvalue weighted by Gasteiger charge is 2.24. The number of nitrogens with zero attached hydrogens (tertiary/aromatic N) is 1. The molecule has 2 heterocycles. The van der Waals surface area contributed by atoms with Crippen LogP contribution in [0.5, 0.6) is 0 Å². The summed E-state index contributed by atoms with van der Waals surface area (Å²) < 4.78 is 5.33. The van der Waals surface area contributed by atoms with Crippen LogP contribution in [0.1, 0.15) is 58.4 Å². The number of furan rings is 1. The van der Waals surface area contributed by atoms with E-state index in [9.17, 15) is 14.4 Å². The molecular weight excluding hydrogens is 370 g/mol. The van der Waals surface area contributed by atoms with Crippen LogP contribution in [0.2, 0.25) is 0 Å². The Bertz CT molecular complexity index is 901. The normalized spacial score (nSPS) is 16.4. The number of rotatable bonds is 5. The number of nitrogens with one attached hydrogen (secondary N) is 2. The molecule has 1 saturated heterocycles. The van der Waals surface area contributed by atoms with Crippen LogP contribution in [0.15, 0.2) is 34.7 Å². The molecule has 1 aromatic heterocycles. The van der Waals surface area contributed by atoms with Gasteiger partial charge in [0.25, 0.3) is 11.8 Å². The lowest BCUT2D eigenvalue weighted by Crippen LogP contribution is -2.42. The Morgan fingerprint density at radius 1 is 1.14 bits per heavy atom. The maximum atomic E-state index is 12.7. The molecule has 1 atom stereocenters. The van der Waals surface area contributed by atoms with Crippen molar-refractivity contribution in [2.45, 2.75) is 46.1 Å². The van der Waals surface area contributed by atoms with Crippen LogP contribution in [0, 0.1) is 13.8 Å². The standard InChI is InChI=1S/C22H27N3O4/c1-14-6-4-5-11-25(14)22(28)17-7-9-18(10-8-17)24-20(26)13-23-21(27)19-12-15(2)29-16(19)3/h7-10,12,14H,4-6,11,13H2,1-3H3,(H,23,27)(H,24,26). The van der Waals surface area contributed by atoms with Gasteiger partial charge in [-0.15, -0.1) is 0 Å². The highest BCUT2D eigenvalue weighted by Crippen LogP contribution is 2.20. The minimum Gasteiger partial charge on any atom is -0.466 e. The van der Waals surface area contributed by atoms with Crippen LogP contribution < -0.4 is 10.6 Å². The third kappa shape index (κ3) is 5.04. The number of benzene rings is 1. The Hall–Kier alpha value is -3.09. The van der Waals surface area contributed by atoms with Crippen LogP contribution >= 0.6 is 0 Å². The number of carbonyl (C=O) groups excluding carboxylic acids is 3. The maximum absolute atomic E-state index is 12.7. The highest BCUT2D eigenvalue weighted by molar-refractivity contribution is 6.00. The average molecular weight is 397 g/mol. The average Bonchev–Trinajstić information content (AvgIpc) is 3.05. The molecule has 3 amide bonds. The van der Waals surface area contributed by atoms with Crippen molar-refractivity contribution in [3.05, 3.63) is 53.0 Å². The lowest BCUT2D eigenvalue weighted by atomic mass is 10.0. The summed E-state index contributed by atoms with van der Waals surface area (Å²) in [5, 5.41) is 5.30. The van der Waals surface area contributed by atoms with Crippen molar-refractivity contribution < 1.29 is 18.8 Å². The summed E-state index contributed by atoms with van der Waals surface area (Å²) in [6.07, 6.45) is 3.23. The quantitative estimate of drug-likeness (QED) is 0.810. The Labute approximate surface area is 170 Å². The van der Waals surface area contributed by atoms with E-state index < -0.39 is 0 Å². The monoisotopic (exact) mass is 397 g/mol. The number of hydrogen-bond acceptors (Lipinski definition) is 4. The molecule has 29 heavy (non-hydrogen) atoms. The molecule has 1 aromatic carbocycles. The lowest BCUT2D eigenvalue weighted by Gasteiger charge is -2.33. The Morgan fingerprint density at radius 3 is 2.48 bits per heavy atom. The Morgan fingerprint density at radius 2 is 1.86 bits per heavy atom. The molecule has 0 saturated carbocycles. The second-order valence-corrected chi connectivity index (χ2v) is 7.48. The van der Waals surface area contributed by atoms with Crippen molar-refractivity contribution in [1.29, 1.82) is 0 Å². The van der Waals surface area contributed by atoms with E-state index in [-0.39, 0.29) is 30.3 Å². The first-order valence-corrected chi connectivity index (χ1v) is 9.91. The highest BCUT2D eigenvalue weighted by atomic mass is 16.3. The second-order valence-electron chi connectivity index (χ2n) is 7.48. The van der Waals surface area contributed by atoms with Gasteiger partial charge in [0.05, 0.1) is 12.1 Å². The van der Waals surface area contributed by atoms with E-state index in [0.29, 0.717) is 28.3 Å². The van der Waals surface area contributed by atoms with Crippen LogP contribution in [0.25, 0.3) is 0 Å². The predicted octanol–water partition coefficient (Wildman–Crippen LogP) is 3.28. The van der Waals surface area contributed by atoms with Crippen molar-refractivity contribution in [1.82, 2.24) is 10.2 Å². The number of amides is 3. The van der Waals surface area contributed by atoms with Crippen LogP contribution in [-0.2, 0) is 4.79 Å². The summed E-state index contributed by atoms with van der Waals surface area (Å²) in [6, 6.07) is 8.73. The smallest absolute Gasteiger partial charge is 0.255 e. The third-order valence-corrected chi connectivity index (χ3v) is 5.17. The minimum absolute atomic E-state index is 0.0214. The largest absolute Gasteiger partial charge is 0.466 e. The number of carbonyl (C=O) groups is 3. The van der Waals surface area contributed by atoms with Gasteiger partial charge >= 0.3 is 0 Å². The van der Waals surface area contributed by atoms with E-state index in [0.717, 1.165) is 25.8 Å². The molecule has 2 N–H and O–H groups in total. The molecule has 1 aliphatic heterocycles. The summed E-state index contributed by atoms with van der Waals surface area (Å²) in [5.74, 6) is 0.480. The van der Waals surface area contributed by atoms with E-state index in [4.69, 9.17) is 4.42 Å². The van der Waals surface area contributed by atoms with Gasteiger partial charge in [0.2, 0.25) is 5.91 Å². The van der Waals surface area contributed by atoms with E-state index >= 15 is 0 Å². The number of aryl methyl sites for hydroxylation is 2. The Balaban J connectivity index is 1.52. The van der Waals surface area contributed by atoms with Gasteiger partial charge in [-0.25, -0.2) is 0 Å². The fraction of sp³-hybridized carbons (Fsp3) is 0.409. The van der Waals surface area contributed by atoms with E-state index in [1.807, 2.05) is 4.90 Å². The lowest BCUT2D eigenvalue weighted by molar-refractivity contribution is -0.115. The minimum atomic E-state index is -0.355. The zero-order valence-corrected chi connectivity index (χ0v) is 17.1. The van der Waals surface area contributed by atoms with Gasteiger partial charge in [-0.3, -0.25) is 14.4 Å². The van der Waals surface area contributed by atoms with Crippen molar-refractivity contribution in [3.63, 3.8) is 0 Å². The molecule has 7 nitrogen and oxygen atoms in total. The molecule has 1 unspecified atom stereocenters. The molecule has 0 radical (unpaired) electrons. The van der Waals surface area contributed by atoms with Crippen molar-refractivity contribution in [2.24, 2.45) is 0 Å². The number of anilines is 1. The van der Waals surface area contributed by atoms with Crippen LogP contribution in [0.4, 0.5) is 5.69 Å². The SMILES string of the molecule is Cc1cc(C(=O)NCC(=O)Nc2ccc(C(=O)N3CCCCC3C)cc2)c(C)o1. The Kier molecular flexibility index (Phi) is 6.36. The van der Waals surface area contributed by atoms with Gasteiger partial charge in [0, 0.05) is 23.8 Å². The summed E-state index contributed by atoms with van der Waals surface area (Å²) >= 11 is 0. The molecule has 3 rings (SSSR count). The van der Waals surface area contributed by atoms with Gasteiger partial charge in [-0.05, 0) is 70.4 Å². The first-order chi connectivity index (χ1) is 13.8. The molecule has 0 spiro atoms. The summed E-state index contributed by atoms with van der Waals surface area (Å²) in [6.45, 7) is 6.17. The van der Waals surface area contributed by atoms with E-state index in [1.54, 1.807) is 44.2 Å². The fourth-order valence-electron chi connectivity index (χ4n) is 3.58. The van der Waals surface area contributed by atoms with Crippen LogP contribution in [0.3, 0.4) is 0 Å². The zero-order chi connectivity index (χ0) is 21.0. The van der Waals surface area contributed by atoms with Gasteiger partial charge in [-0.1, -0.05) is 0 Å².